The number of piperidine rings is 1. The van der Waals surface area contributed by atoms with E-state index in [-0.39, 0.29) is 28.4 Å². The molecule has 0 radical (unpaired) electrons. The van der Waals surface area contributed by atoms with Crippen LogP contribution in [0.15, 0.2) is 49.2 Å². The summed E-state index contributed by atoms with van der Waals surface area (Å²) < 4.78 is 46.3. The normalized spacial score (nSPS) is 18.9. The second-order valence-electron chi connectivity index (χ2n) is 11.0. The number of nitriles is 1. The van der Waals surface area contributed by atoms with Crippen molar-refractivity contribution in [3.63, 3.8) is 0 Å². The Balaban J connectivity index is 1.28. The van der Waals surface area contributed by atoms with Gasteiger partial charge in [-0.05, 0) is 45.4 Å². The first-order valence-corrected chi connectivity index (χ1v) is 12.7. The Hall–Kier alpha value is -4.60. The predicted molar refractivity (Wildman–Crippen MR) is 138 cm³/mol. The first kappa shape index (κ1) is 25.7. The molecule has 0 N–H and O–H groups in total. The fraction of sp³-hybridized carbons (Fsp3) is 0.370. The minimum Gasteiger partial charge on any atom is -0.444 e. The monoisotopic (exact) mass is 550 g/mol. The van der Waals surface area contributed by atoms with Gasteiger partial charge in [0.05, 0.1) is 35.6 Å². The van der Waals surface area contributed by atoms with E-state index in [1.807, 2.05) is 37.8 Å². The molecule has 13 heteroatoms. The number of ether oxygens (including phenoxy) is 1. The van der Waals surface area contributed by atoms with Crippen molar-refractivity contribution < 1.29 is 22.7 Å². The highest BCUT2D eigenvalue weighted by molar-refractivity contribution is 5.87. The van der Waals surface area contributed by atoms with Crippen LogP contribution in [0.2, 0.25) is 0 Å². The number of rotatable bonds is 3. The topological polar surface area (TPSA) is 105 Å². The van der Waals surface area contributed by atoms with Gasteiger partial charge < -0.3 is 9.64 Å². The summed E-state index contributed by atoms with van der Waals surface area (Å²) in [5.74, 6) is 0.745. The molecule has 0 aliphatic carbocycles. The van der Waals surface area contributed by atoms with Gasteiger partial charge in [0.15, 0.2) is 0 Å². The number of nitrogens with zero attached hydrogens (tertiary/aromatic N) is 8. The average molecular weight is 551 g/mol. The number of carbonyl (C=O) groups excluding carboxylic acids is 1. The van der Waals surface area contributed by atoms with Crippen LogP contribution in [0.1, 0.15) is 32.8 Å². The number of fused-ring (bicyclic) bond motifs is 3. The lowest BCUT2D eigenvalue weighted by molar-refractivity contribution is -0.212. The van der Waals surface area contributed by atoms with Gasteiger partial charge in [-0.15, -0.1) is 13.2 Å². The summed E-state index contributed by atoms with van der Waals surface area (Å²) in [6.07, 6.45) is 2.68. The smallest absolute Gasteiger partial charge is 0.444 e. The summed E-state index contributed by atoms with van der Waals surface area (Å²) >= 11 is 0. The standard InChI is InChI=1S/C27H25F3N8O2/c1-26(2,3)40-25(39)38-20-7-21(38)15-35(14-20)23-5-4-16(9-32-23)22-6-17(12-36-24(22)18(8-31)10-33-36)19-11-34-37(13-19)27(28,29)30/h4-6,9-13,20-21H,7,14-15H2,1-3H3. The van der Waals surface area contributed by atoms with E-state index in [9.17, 15) is 23.2 Å². The summed E-state index contributed by atoms with van der Waals surface area (Å²) in [5, 5.41) is 17.3. The zero-order valence-electron chi connectivity index (χ0n) is 21.9. The molecule has 0 spiro atoms. The SMILES string of the molecule is CC(C)(C)OC(=O)N1C2CC1CN(c1ccc(-c3cc(-c4cnn(C(F)(F)F)c4)cn4ncc(C#N)c34)cn1)C2. The maximum Gasteiger partial charge on any atom is 0.504 e. The number of halogens is 3. The van der Waals surface area contributed by atoms with Gasteiger partial charge in [-0.3, -0.25) is 4.90 Å². The number of aromatic nitrogens is 5. The molecule has 0 aromatic carbocycles. The van der Waals surface area contributed by atoms with E-state index in [1.54, 1.807) is 18.5 Å². The van der Waals surface area contributed by atoms with E-state index in [2.05, 4.69) is 26.2 Å². The first-order chi connectivity index (χ1) is 18.9. The van der Waals surface area contributed by atoms with E-state index >= 15 is 0 Å². The van der Waals surface area contributed by atoms with Gasteiger partial charge in [-0.25, -0.2) is 14.3 Å². The minimum absolute atomic E-state index is 0.0500. The summed E-state index contributed by atoms with van der Waals surface area (Å²) in [4.78, 5) is 21.2. The number of anilines is 1. The Labute approximate surface area is 227 Å². The third kappa shape index (κ3) is 4.49. The Bertz CT molecular complexity index is 1630. The molecule has 7 heterocycles. The van der Waals surface area contributed by atoms with E-state index in [0.29, 0.717) is 40.9 Å². The molecular weight excluding hydrogens is 525 g/mol. The van der Waals surface area contributed by atoms with Crippen molar-refractivity contribution in [3.05, 3.63) is 54.7 Å². The number of carbonyl (C=O) groups is 1. The number of hydrogen-bond acceptors (Lipinski definition) is 7. The molecule has 7 rings (SSSR count). The zero-order valence-corrected chi connectivity index (χ0v) is 21.9. The van der Waals surface area contributed by atoms with Crippen LogP contribution in [0.25, 0.3) is 27.8 Å². The summed E-state index contributed by atoms with van der Waals surface area (Å²) in [7, 11) is 0. The van der Waals surface area contributed by atoms with Crippen molar-refractivity contribution in [2.75, 3.05) is 18.0 Å². The van der Waals surface area contributed by atoms with Crippen LogP contribution in [0.5, 0.6) is 0 Å². The van der Waals surface area contributed by atoms with Gasteiger partial charge in [0, 0.05) is 53.9 Å². The van der Waals surface area contributed by atoms with Crippen LogP contribution in [-0.2, 0) is 11.0 Å². The van der Waals surface area contributed by atoms with E-state index in [0.717, 1.165) is 24.6 Å². The van der Waals surface area contributed by atoms with Crippen molar-refractivity contribution in [1.29, 1.82) is 5.26 Å². The quantitative estimate of drug-likeness (QED) is 0.361. The minimum atomic E-state index is -4.64. The highest BCUT2D eigenvalue weighted by Gasteiger charge is 2.49. The van der Waals surface area contributed by atoms with Crippen molar-refractivity contribution >= 4 is 17.4 Å². The molecule has 10 nitrogen and oxygen atoms in total. The highest BCUT2D eigenvalue weighted by Crippen LogP contribution is 2.37. The second-order valence-corrected chi connectivity index (χ2v) is 11.0. The zero-order chi connectivity index (χ0) is 28.4. The first-order valence-electron chi connectivity index (χ1n) is 12.7. The Morgan fingerprint density at radius 2 is 1.77 bits per heavy atom. The summed E-state index contributed by atoms with van der Waals surface area (Å²) in [6.45, 7) is 6.81. The van der Waals surface area contributed by atoms with E-state index in [1.165, 1.54) is 10.7 Å². The van der Waals surface area contributed by atoms with Gasteiger partial charge >= 0.3 is 12.4 Å². The van der Waals surface area contributed by atoms with Crippen LogP contribution in [0, 0.1) is 11.3 Å². The fourth-order valence-corrected chi connectivity index (χ4v) is 5.33. The molecule has 1 amide bonds. The molecule has 206 valence electrons. The molecular formula is C27H25F3N8O2. The predicted octanol–water partition coefficient (Wildman–Crippen LogP) is 4.81. The molecule has 4 aromatic rings. The second kappa shape index (κ2) is 8.97. The molecule has 3 fully saturated rings. The van der Waals surface area contributed by atoms with Crippen LogP contribution >= 0.6 is 0 Å². The number of hydrogen-bond donors (Lipinski definition) is 0. The van der Waals surface area contributed by atoms with Crippen LogP contribution in [0.3, 0.4) is 0 Å². The molecule has 40 heavy (non-hydrogen) atoms. The Morgan fingerprint density at radius 3 is 2.38 bits per heavy atom. The summed E-state index contributed by atoms with van der Waals surface area (Å²) in [6, 6.07) is 7.66. The molecule has 2 unspecified atom stereocenters. The summed E-state index contributed by atoms with van der Waals surface area (Å²) in [5.41, 5.74) is 2.28. The van der Waals surface area contributed by atoms with Gasteiger partial charge in [0.25, 0.3) is 0 Å². The lowest BCUT2D eigenvalue weighted by atomic mass is 9.88. The van der Waals surface area contributed by atoms with Crippen LogP contribution in [-0.4, -0.2) is 66.1 Å². The maximum absolute atomic E-state index is 13.1. The molecule has 3 aliphatic rings. The molecule has 0 saturated carbocycles. The van der Waals surface area contributed by atoms with Crippen LogP contribution in [0.4, 0.5) is 23.8 Å². The molecule has 2 atom stereocenters. The van der Waals surface area contributed by atoms with Gasteiger partial charge in [0.1, 0.15) is 17.5 Å². The maximum atomic E-state index is 13.1. The molecule has 2 bridgehead atoms. The number of pyridine rings is 2. The average Bonchev–Trinajstić information content (AvgIpc) is 3.55. The third-order valence-corrected chi connectivity index (χ3v) is 7.09. The van der Waals surface area contributed by atoms with E-state index in [4.69, 9.17) is 4.74 Å². The van der Waals surface area contributed by atoms with E-state index < -0.39 is 11.9 Å². The Morgan fingerprint density at radius 1 is 1.02 bits per heavy atom. The van der Waals surface area contributed by atoms with Crippen LogP contribution < -0.4 is 4.90 Å². The number of amides is 1. The van der Waals surface area contributed by atoms with Gasteiger partial charge in [0.2, 0.25) is 0 Å². The molecule has 4 aromatic heterocycles. The van der Waals surface area contributed by atoms with Gasteiger partial charge in [-0.1, -0.05) is 0 Å². The fourth-order valence-electron chi connectivity index (χ4n) is 5.33. The van der Waals surface area contributed by atoms with Crippen molar-refractivity contribution in [2.45, 2.75) is 51.2 Å². The Kier molecular flexibility index (Phi) is 5.76. The number of piperazine rings is 1. The van der Waals surface area contributed by atoms with Crippen molar-refractivity contribution in [2.24, 2.45) is 0 Å². The highest BCUT2D eigenvalue weighted by atomic mass is 19.4. The van der Waals surface area contributed by atoms with Crippen molar-refractivity contribution in [1.82, 2.24) is 29.3 Å². The lowest BCUT2D eigenvalue weighted by Gasteiger charge is -2.56. The molecule has 3 aliphatic heterocycles. The number of alkyl halides is 3. The largest absolute Gasteiger partial charge is 0.504 e. The van der Waals surface area contributed by atoms with Gasteiger partial charge in [-0.2, -0.15) is 20.1 Å². The lowest BCUT2D eigenvalue weighted by Crippen LogP contribution is -2.70. The third-order valence-electron chi connectivity index (χ3n) is 7.09. The van der Waals surface area contributed by atoms with Crippen molar-refractivity contribution in [3.8, 4) is 28.3 Å². The molecule has 3 saturated heterocycles.